The van der Waals surface area contributed by atoms with Gasteiger partial charge in [-0.3, -0.25) is 9.11 Å². The molecule has 2 aromatic rings. The second-order valence-corrected chi connectivity index (χ2v) is 10.7. The lowest BCUT2D eigenvalue weighted by Gasteiger charge is -2.08. The molecule has 2 rings (SSSR count). The number of hydrogen-bond donors (Lipinski definition) is 4. The van der Waals surface area contributed by atoms with Gasteiger partial charge < -0.3 is 10.4 Å². The van der Waals surface area contributed by atoms with Crippen molar-refractivity contribution in [2.75, 3.05) is 30.8 Å². The van der Waals surface area contributed by atoms with Gasteiger partial charge in [0.25, 0.3) is 10.1 Å². The third kappa shape index (κ3) is 7.90. The van der Waals surface area contributed by atoms with Crippen molar-refractivity contribution in [3.05, 3.63) is 42.5 Å². The third-order valence-corrected chi connectivity index (χ3v) is 6.76. The van der Waals surface area contributed by atoms with Gasteiger partial charge in [-0.25, -0.2) is 12.6 Å². The molecule has 0 aromatic heterocycles. The number of aliphatic hydroxyl groups is 1. The minimum absolute atomic E-state index is 0.0564. The highest BCUT2D eigenvalue weighted by Gasteiger charge is 2.22. The van der Waals surface area contributed by atoms with Gasteiger partial charge in [0.15, 0.2) is 9.84 Å². The first-order valence-electron chi connectivity index (χ1n) is 8.64. The minimum Gasteiger partial charge on any atom is -0.395 e. The van der Waals surface area contributed by atoms with Crippen LogP contribution in [0, 0.1) is 0 Å². The average molecular weight is 510 g/mol. The van der Waals surface area contributed by atoms with Gasteiger partial charge in [-0.1, -0.05) is 0 Å². The highest BCUT2D eigenvalue weighted by atomic mass is 32.3. The summed E-state index contributed by atoms with van der Waals surface area (Å²) in [5, 5.41) is 19.3. The maximum absolute atomic E-state index is 12.3. The lowest BCUT2D eigenvalue weighted by atomic mass is 10.3. The fourth-order valence-electron chi connectivity index (χ4n) is 2.30. The molecule has 0 saturated carbocycles. The van der Waals surface area contributed by atoms with E-state index in [0.29, 0.717) is 24.0 Å². The van der Waals surface area contributed by atoms with Crippen molar-refractivity contribution in [1.82, 2.24) is 0 Å². The molecule has 0 aliphatic carbocycles. The number of aliphatic hydroxyl groups excluding tert-OH is 1. The van der Waals surface area contributed by atoms with Crippen LogP contribution in [0.3, 0.4) is 0 Å². The summed E-state index contributed by atoms with van der Waals surface area (Å²) in [7, 11) is -14.0. The first-order valence-corrected chi connectivity index (χ1v) is 13.1. The van der Waals surface area contributed by atoms with Gasteiger partial charge in [0, 0.05) is 12.2 Å². The Morgan fingerprint density at radius 3 is 2.12 bits per heavy atom. The third-order valence-electron chi connectivity index (χ3n) is 3.73. The van der Waals surface area contributed by atoms with Crippen molar-refractivity contribution < 1.29 is 43.6 Å². The molecule has 13 nitrogen and oxygen atoms in total. The quantitative estimate of drug-likeness (QED) is 0.251. The van der Waals surface area contributed by atoms with Gasteiger partial charge in [-0.05, 0) is 42.5 Å². The molecule has 0 atom stereocenters. The highest BCUT2D eigenvalue weighted by Crippen LogP contribution is 2.29. The smallest absolute Gasteiger partial charge is 0.395 e. The van der Waals surface area contributed by atoms with Gasteiger partial charge in [0.2, 0.25) is 0 Å². The van der Waals surface area contributed by atoms with Gasteiger partial charge in [-0.15, -0.1) is 5.11 Å². The summed E-state index contributed by atoms with van der Waals surface area (Å²) >= 11 is 0. The van der Waals surface area contributed by atoms with E-state index >= 15 is 0 Å². The van der Waals surface area contributed by atoms with Crippen LogP contribution in [0.1, 0.15) is 0 Å². The molecule has 0 fully saturated rings. The second-order valence-electron chi connectivity index (χ2n) is 6.07. The van der Waals surface area contributed by atoms with E-state index in [-0.39, 0.29) is 12.3 Å². The topological polar surface area (TPSA) is 209 Å². The summed E-state index contributed by atoms with van der Waals surface area (Å²) in [5.41, 5.74) is 0.673. The van der Waals surface area contributed by atoms with Crippen molar-refractivity contribution in [2.24, 2.45) is 10.2 Å². The van der Waals surface area contributed by atoms with Crippen LogP contribution < -0.4 is 5.32 Å². The lowest BCUT2D eigenvalue weighted by molar-refractivity contribution is 0.284. The molecule has 0 saturated heterocycles. The molecule has 0 bridgehead atoms. The Labute approximate surface area is 184 Å². The molecule has 0 heterocycles. The summed E-state index contributed by atoms with van der Waals surface area (Å²) in [6.07, 6.45) is 0. The van der Waals surface area contributed by atoms with Gasteiger partial charge in [-0.2, -0.15) is 21.9 Å². The number of nitrogens with one attached hydrogen (secondary N) is 1. The number of sulfone groups is 1. The highest BCUT2D eigenvalue weighted by molar-refractivity contribution is 7.91. The molecular formula is C16H19N3O10S3. The summed E-state index contributed by atoms with van der Waals surface area (Å²) in [4.78, 5) is -1.39. The molecule has 16 heteroatoms. The first-order chi connectivity index (χ1) is 14.8. The molecule has 0 aliphatic rings. The molecule has 32 heavy (non-hydrogen) atoms. The van der Waals surface area contributed by atoms with Crippen molar-refractivity contribution in [3.63, 3.8) is 0 Å². The fraction of sp³-hybridized carbons (Fsp3) is 0.250. The van der Waals surface area contributed by atoms with E-state index in [1.165, 1.54) is 0 Å². The number of azo groups is 1. The van der Waals surface area contributed by atoms with E-state index in [1.807, 2.05) is 0 Å². The van der Waals surface area contributed by atoms with E-state index in [0.717, 1.165) is 12.1 Å². The normalized spacial score (nSPS) is 12.8. The van der Waals surface area contributed by atoms with E-state index in [1.54, 1.807) is 24.3 Å². The van der Waals surface area contributed by atoms with Crippen LogP contribution in [0.5, 0.6) is 0 Å². The van der Waals surface area contributed by atoms with E-state index in [9.17, 15) is 29.8 Å². The zero-order valence-electron chi connectivity index (χ0n) is 16.2. The van der Waals surface area contributed by atoms with Crippen LogP contribution in [0.2, 0.25) is 0 Å². The number of rotatable bonds is 11. The van der Waals surface area contributed by atoms with Crippen LogP contribution in [0.25, 0.3) is 0 Å². The molecule has 0 amide bonds. The number of benzene rings is 2. The number of hydrogen-bond acceptors (Lipinski definition) is 11. The van der Waals surface area contributed by atoms with Crippen LogP contribution in [0.4, 0.5) is 17.1 Å². The SMILES string of the molecule is O=S(=O)(O)OCCS(=O)(=O)c1ccc(N=Nc2ccc(NCCO)cc2)c(S(=O)(=O)O)c1. The maximum atomic E-state index is 12.3. The fourth-order valence-corrected chi connectivity index (χ4v) is 4.54. The summed E-state index contributed by atoms with van der Waals surface area (Å²) < 4.78 is 91.0. The van der Waals surface area contributed by atoms with Crippen molar-refractivity contribution in [2.45, 2.75) is 9.79 Å². The first kappa shape index (κ1) is 25.8. The van der Waals surface area contributed by atoms with Gasteiger partial charge in [0.1, 0.15) is 10.6 Å². The summed E-state index contributed by atoms with van der Waals surface area (Å²) in [6, 6.07) is 9.01. The standard InChI is InChI=1S/C16H19N3O10S3/c20-8-7-17-12-1-3-13(4-2-12)18-19-15-6-5-14(11-16(15)31(23,24)25)30(21,22)10-9-29-32(26,27)28/h1-6,11,17,20H,7-10H2,(H,23,24,25)(H,26,27,28). The molecule has 4 N–H and O–H groups in total. The number of nitrogens with zero attached hydrogens (tertiary/aromatic N) is 2. The lowest BCUT2D eigenvalue weighted by Crippen LogP contribution is -2.16. The largest absolute Gasteiger partial charge is 0.397 e. The zero-order chi connectivity index (χ0) is 24.0. The maximum Gasteiger partial charge on any atom is 0.397 e. The second kappa shape index (κ2) is 10.4. The van der Waals surface area contributed by atoms with Crippen molar-refractivity contribution in [1.29, 1.82) is 0 Å². The Morgan fingerprint density at radius 1 is 0.906 bits per heavy atom. The van der Waals surface area contributed by atoms with Crippen LogP contribution in [-0.4, -0.2) is 65.0 Å². The predicted molar refractivity (Wildman–Crippen MR) is 112 cm³/mol. The molecule has 0 spiro atoms. The monoisotopic (exact) mass is 509 g/mol. The molecular weight excluding hydrogens is 490 g/mol. The van der Waals surface area contributed by atoms with E-state index in [2.05, 4.69) is 19.7 Å². The molecule has 176 valence electrons. The van der Waals surface area contributed by atoms with Gasteiger partial charge >= 0.3 is 10.4 Å². The minimum atomic E-state index is -4.90. The molecule has 0 radical (unpaired) electrons. The van der Waals surface area contributed by atoms with Crippen molar-refractivity contribution >= 4 is 47.4 Å². The molecule has 2 aromatic carbocycles. The Balaban J connectivity index is 2.30. The van der Waals surface area contributed by atoms with Crippen LogP contribution >= 0.6 is 0 Å². The Kier molecular flexibility index (Phi) is 8.41. The van der Waals surface area contributed by atoms with Gasteiger partial charge in [0.05, 0.1) is 29.5 Å². The number of anilines is 1. The zero-order valence-corrected chi connectivity index (χ0v) is 18.6. The Morgan fingerprint density at radius 2 is 1.56 bits per heavy atom. The van der Waals surface area contributed by atoms with Crippen LogP contribution in [0.15, 0.2) is 62.5 Å². The van der Waals surface area contributed by atoms with Crippen LogP contribution in [-0.2, 0) is 34.5 Å². The molecule has 0 unspecified atom stereocenters. The summed E-state index contributed by atoms with van der Waals surface area (Å²) in [6.45, 7) is -0.623. The van der Waals surface area contributed by atoms with Crippen molar-refractivity contribution in [3.8, 4) is 0 Å². The molecule has 0 aliphatic heterocycles. The Bertz CT molecular complexity index is 1290. The average Bonchev–Trinajstić information content (AvgIpc) is 2.69. The van der Waals surface area contributed by atoms with E-state index < -0.39 is 52.5 Å². The van der Waals surface area contributed by atoms with E-state index in [4.69, 9.17) is 9.66 Å². The Hall–Kier alpha value is -2.47. The predicted octanol–water partition coefficient (Wildman–Crippen LogP) is 1.35. The summed E-state index contributed by atoms with van der Waals surface area (Å²) in [5.74, 6) is -0.894.